The molecule has 0 bridgehead atoms. The van der Waals surface area contributed by atoms with E-state index in [2.05, 4.69) is 5.32 Å². The minimum Gasteiger partial charge on any atom is -0.462 e. The van der Waals surface area contributed by atoms with Gasteiger partial charge in [0.25, 0.3) is 5.91 Å². The fraction of sp³-hybridized carbons (Fsp3) is 0.125. The third-order valence-corrected chi connectivity index (χ3v) is 3.09. The molecule has 1 N–H and O–H groups in total. The summed E-state index contributed by atoms with van der Waals surface area (Å²) in [5.74, 6) is -0.772. The van der Waals surface area contributed by atoms with Gasteiger partial charge in [-0.3, -0.25) is 4.79 Å². The highest BCUT2D eigenvalue weighted by Crippen LogP contribution is 2.22. The maximum Gasteiger partial charge on any atom is 0.339 e. The van der Waals surface area contributed by atoms with Gasteiger partial charge in [-0.1, -0.05) is 29.8 Å². The lowest BCUT2D eigenvalue weighted by Gasteiger charge is -2.09. The summed E-state index contributed by atoms with van der Waals surface area (Å²) in [5.41, 5.74) is 1.24. The molecular formula is C16H14ClNO3. The van der Waals surface area contributed by atoms with Crippen LogP contribution in [0.1, 0.15) is 27.6 Å². The van der Waals surface area contributed by atoms with Crippen molar-refractivity contribution in [3.05, 3.63) is 64.7 Å². The molecule has 0 fully saturated rings. The van der Waals surface area contributed by atoms with E-state index in [4.69, 9.17) is 16.3 Å². The lowest BCUT2D eigenvalue weighted by molar-refractivity contribution is 0.0526. The Bertz CT molecular complexity index is 656. The fourth-order valence-corrected chi connectivity index (χ4v) is 1.96. The molecule has 1 amide bonds. The summed E-state index contributed by atoms with van der Waals surface area (Å²) in [6.45, 7) is 1.97. The zero-order valence-electron chi connectivity index (χ0n) is 11.4. The summed E-state index contributed by atoms with van der Waals surface area (Å²) in [6, 6.07) is 13.5. The second kappa shape index (κ2) is 6.90. The molecule has 2 rings (SSSR count). The first-order valence-electron chi connectivity index (χ1n) is 6.45. The number of nitrogens with one attached hydrogen (secondary N) is 1. The van der Waals surface area contributed by atoms with Crippen LogP contribution in [0.2, 0.25) is 5.02 Å². The standard InChI is InChI=1S/C16H14ClNO3/c1-2-21-16(20)13-10-12(8-9-14(13)17)18-15(19)11-6-4-3-5-7-11/h3-10H,2H2,1H3,(H,18,19). The van der Waals surface area contributed by atoms with Gasteiger partial charge in [0, 0.05) is 11.3 Å². The van der Waals surface area contributed by atoms with E-state index in [0.717, 1.165) is 0 Å². The molecule has 0 aromatic heterocycles. The van der Waals surface area contributed by atoms with Gasteiger partial charge in [0.1, 0.15) is 0 Å². The summed E-state index contributed by atoms with van der Waals surface area (Å²) >= 11 is 5.97. The third kappa shape index (κ3) is 3.83. The lowest BCUT2D eigenvalue weighted by atomic mass is 10.1. The Morgan fingerprint density at radius 3 is 2.52 bits per heavy atom. The van der Waals surface area contributed by atoms with Crippen molar-refractivity contribution in [3.8, 4) is 0 Å². The van der Waals surface area contributed by atoms with Crippen LogP contribution in [0.5, 0.6) is 0 Å². The molecule has 21 heavy (non-hydrogen) atoms. The Morgan fingerprint density at radius 1 is 1.14 bits per heavy atom. The molecule has 108 valence electrons. The van der Waals surface area contributed by atoms with E-state index >= 15 is 0 Å². The van der Waals surface area contributed by atoms with Gasteiger partial charge in [0.15, 0.2) is 0 Å². The number of carbonyl (C=O) groups is 2. The molecule has 0 saturated heterocycles. The Balaban J connectivity index is 2.20. The summed E-state index contributed by atoms with van der Waals surface area (Å²) in [4.78, 5) is 23.8. The predicted octanol–water partition coefficient (Wildman–Crippen LogP) is 3.77. The van der Waals surface area contributed by atoms with Crippen molar-refractivity contribution < 1.29 is 14.3 Å². The van der Waals surface area contributed by atoms with Gasteiger partial charge >= 0.3 is 5.97 Å². The first-order chi connectivity index (χ1) is 10.1. The molecule has 0 spiro atoms. The van der Waals surface area contributed by atoms with E-state index in [1.54, 1.807) is 43.3 Å². The van der Waals surface area contributed by atoms with Crippen LogP contribution in [0.4, 0.5) is 5.69 Å². The predicted molar refractivity (Wildman–Crippen MR) is 81.8 cm³/mol. The zero-order valence-corrected chi connectivity index (χ0v) is 12.2. The van der Waals surface area contributed by atoms with Gasteiger partial charge in [0.05, 0.1) is 17.2 Å². The number of benzene rings is 2. The maximum absolute atomic E-state index is 12.0. The molecule has 0 aliphatic rings. The lowest BCUT2D eigenvalue weighted by Crippen LogP contribution is -2.13. The van der Waals surface area contributed by atoms with Gasteiger partial charge < -0.3 is 10.1 Å². The van der Waals surface area contributed by atoms with Crippen LogP contribution >= 0.6 is 11.6 Å². The fourth-order valence-electron chi connectivity index (χ4n) is 1.76. The SMILES string of the molecule is CCOC(=O)c1cc(NC(=O)c2ccccc2)ccc1Cl. The van der Waals surface area contributed by atoms with Gasteiger partial charge in [-0.25, -0.2) is 4.79 Å². The highest BCUT2D eigenvalue weighted by molar-refractivity contribution is 6.33. The number of esters is 1. The molecule has 0 aliphatic heterocycles. The van der Waals surface area contributed by atoms with Crippen molar-refractivity contribution in [1.82, 2.24) is 0 Å². The second-order valence-electron chi connectivity index (χ2n) is 4.24. The van der Waals surface area contributed by atoms with Crippen LogP contribution in [0.15, 0.2) is 48.5 Å². The Morgan fingerprint density at radius 2 is 1.86 bits per heavy atom. The zero-order chi connectivity index (χ0) is 15.2. The Labute approximate surface area is 127 Å². The average molecular weight is 304 g/mol. The van der Waals surface area contributed by atoms with Crippen molar-refractivity contribution in [2.75, 3.05) is 11.9 Å². The van der Waals surface area contributed by atoms with Crippen molar-refractivity contribution in [1.29, 1.82) is 0 Å². The molecule has 0 unspecified atom stereocenters. The van der Waals surface area contributed by atoms with E-state index in [9.17, 15) is 9.59 Å². The van der Waals surface area contributed by atoms with Crippen LogP contribution in [-0.4, -0.2) is 18.5 Å². The van der Waals surface area contributed by atoms with Crippen molar-refractivity contribution in [3.63, 3.8) is 0 Å². The molecule has 0 aliphatic carbocycles. The minimum atomic E-state index is -0.515. The highest BCUT2D eigenvalue weighted by Gasteiger charge is 2.13. The summed E-state index contributed by atoms with van der Waals surface area (Å²) < 4.78 is 4.92. The summed E-state index contributed by atoms with van der Waals surface area (Å²) in [6.07, 6.45) is 0. The molecule has 0 heterocycles. The quantitative estimate of drug-likeness (QED) is 0.875. The van der Waals surface area contributed by atoms with Crippen molar-refractivity contribution >= 4 is 29.2 Å². The normalized spacial score (nSPS) is 10.0. The first-order valence-corrected chi connectivity index (χ1v) is 6.82. The third-order valence-electron chi connectivity index (χ3n) is 2.76. The smallest absolute Gasteiger partial charge is 0.339 e. The summed E-state index contributed by atoms with van der Waals surface area (Å²) in [7, 11) is 0. The van der Waals surface area contributed by atoms with Gasteiger partial charge in [0.2, 0.25) is 0 Å². The number of halogens is 1. The number of hydrogen-bond donors (Lipinski definition) is 1. The van der Waals surface area contributed by atoms with E-state index in [-0.39, 0.29) is 23.1 Å². The van der Waals surface area contributed by atoms with Crippen LogP contribution in [0, 0.1) is 0 Å². The van der Waals surface area contributed by atoms with Crippen LogP contribution < -0.4 is 5.32 Å². The minimum absolute atomic E-state index is 0.226. The second-order valence-corrected chi connectivity index (χ2v) is 4.64. The Kier molecular flexibility index (Phi) is 4.95. The topological polar surface area (TPSA) is 55.4 Å². The van der Waals surface area contributed by atoms with Gasteiger partial charge in [-0.15, -0.1) is 0 Å². The number of anilines is 1. The molecule has 4 nitrogen and oxygen atoms in total. The summed E-state index contributed by atoms with van der Waals surface area (Å²) in [5, 5.41) is 3.00. The number of ether oxygens (including phenoxy) is 1. The first kappa shape index (κ1) is 15.1. The number of hydrogen-bond acceptors (Lipinski definition) is 3. The average Bonchev–Trinajstić information content (AvgIpc) is 2.50. The van der Waals surface area contributed by atoms with Gasteiger partial charge in [-0.05, 0) is 37.3 Å². The molecule has 2 aromatic rings. The van der Waals surface area contributed by atoms with Crippen molar-refractivity contribution in [2.45, 2.75) is 6.92 Å². The monoisotopic (exact) mass is 303 g/mol. The van der Waals surface area contributed by atoms with Gasteiger partial charge in [-0.2, -0.15) is 0 Å². The van der Waals surface area contributed by atoms with Crippen LogP contribution in [-0.2, 0) is 4.74 Å². The van der Waals surface area contributed by atoms with Crippen molar-refractivity contribution in [2.24, 2.45) is 0 Å². The molecule has 0 radical (unpaired) electrons. The molecule has 2 aromatic carbocycles. The Hall–Kier alpha value is -2.33. The highest BCUT2D eigenvalue weighted by atomic mass is 35.5. The number of amides is 1. The van der Waals surface area contributed by atoms with E-state index in [1.165, 1.54) is 6.07 Å². The molecule has 0 atom stereocenters. The number of rotatable bonds is 4. The van der Waals surface area contributed by atoms with E-state index in [1.807, 2.05) is 6.07 Å². The largest absolute Gasteiger partial charge is 0.462 e. The van der Waals surface area contributed by atoms with Crippen LogP contribution in [0.25, 0.3) is 0 Å². The van der Waals surface area contributed by atoms with E-state index in [0.29, 0.717) is 11.3 Å². The molecule has 5 heteroatoms. The number of carbonyl (C=O) groups excluding carboxylic acids is 2. The van der Waals surface area contributed by atoms with E-state index < -0.39 is 5.97 Å². The molecule has 0 saturated carbocycles. The van der Waals surface area contributed by atoms with Crippen LogP contribution in [0.3, 0.4) is 0 Å². The maximum atomic E-state index is 12.0. The molecular weight excluding hydrogens is 290 g/mol.